The monoisotopic (exact) mass is 520 g/mol. The number of aromatic nitrogens is 2. The molecular formula is C22H13F9N4O. The van der Waals surface area contributed by atoms with Crippen LogP contribution in [0.15, 0.2) is 34.9 Å². The van der Waals surface area contributed by atoms with Crippen molar-refractivity contribution in [2.24, 2.45) is 0 Å². The van der Waals surface area contributed by atoms with E-state index in [1.165, 1.54) is 11.0 Å². The SMILES string of the molecule is [C-]#[N+]c1ccc2c(c1C(F)(F)F)CC(C)N2Cc1noc(-c2cc(C(F)(F)F)cc(C(F)(F)F)c2)n1. The molecule has 1 unspecified atom stereocenters. The van der Waals surface area contributed by atoms with Crippen molar-refractivity contribution in [3.05, 3.63) is 69.8 Å². The minimum Gasteiger partial charge on any atom is -0.361 e. The lowest BCUT2D eigenvalue weighted by Crippen LogP contribution is -2.29. The number of fused-ring (bicyclic) bond motifs is 1. The van der Waals surface area contributed by atoms with Crippen molar-refractivity contribution in [2.75, 3.05) is 4.90 Å². The van der Waals surface area contributed by atoms with Gasteiger partial charge in [0.1, 0.15) is 0 Å². The first-order chi connectivity index (χ1) is 16.6. The van der Waals surface area contributed by atoms with E-state index >= 15 is 0 Å². The van der Waals surface area contributed by atoms with Crippen LogP contribution in [0.1, 0.15) is 35.0 Å². The molecule has 0 fully saturated rings. The minimum absolute atomic E-state index is 0.0424. The van der Waals surface area contributed by atoms with Gasteiger partial charge in [-0.1, -0.05) is 11.2 Å². The highest BCUT2D eigenvalue weighted by Gasteiger charge is 2.41. The molecule has 0 N–H and O–H groups in total. The van der Waals surface area contributed by atoms with E-state index in [1.807, 2.05) is 0 Å². The van der Waals surface area contributed by atoms with Gasteiger partial charge in [0.2, 0.25) is 0 Å². The Bertz CT molecular complexity index is 1320. The highest BCUT2D eigenvalue weighted by atomic mass is 19.4. The molecule has 2 heterocycles. The van der Waals surface area contributed by atoms with Crippen LogP contribution in [-0.2, 0) is 31.5 Å². The third kappa shape index (κ3) is 4.69. The van der Waals surface area contributed by atoms with Crippen molar-refractivity contribution in [1.29, 1.82) is 0 Å². The Morgan fingerprint density at radius 1 is 0.972 bits per heavy atom. The van der Waals surface area contributed by atoms with Crippen molar-refractivity contribution < 1.29 is 44.0 Å². The normalized spacial score (nSPS) is 16.2. The van der Waals surface area contributed by atoms with Crippen molar-refractivity contribution >= 4 is 11.4 Å². The molecule has 0 aliphatic carbocycles. The Hall–Kier alpha value is -3.76. The lowest BCUT2D eigenvalue weighted by Gasteiger charge is -2.23. The average molecular weight is 520 g/mol. The second-order valence-corrected chi connectivity index (χ2v) is 8.06. The van der Waals surface area contributed by atoms with Gasteiger partial charge in [0.15, 0.2) is 11.5 Å². The van der Waals surface area contributed by atoms with E-state index in [-0.39, 0.29) is 36.1 Å². The third-order valence-electron chi connectivity index (χ3n) is 5.63. The molecule has 36 heavy (non-hydrogen) atoms. The molecule has 1 aliphatic rings. The van der Waals surface area contributed by atoms with Crippen molar-refractivity contribution in [2.45, 2.75) is 44.5 Å². The van der Waals surface area contributed by atoms with Gasteiger partial charge >= 0.3 is 18.5 Å². The van der Waals surface area contributed by atoms with Crippen LogP contribution in [-0.4, -0.2) is 16.2 Å². The first kappa shape index (κ1) is 25.3. The molecule has 0 bridgehead atoms. The summed E-state index contributed by atoms with van der Waals surface area (Å²) in [6.45, 7) is 8.41. The van der Waals surface area contributed by atoms with Crippen LogP contribution in [0.3, 0.4) is 0 Å². The molecule has 0 spiro atoms. The number of alkyl halides is 9. The van der Waals surface area contributed by atoms with E-state index in [4.69, 9.17) is 11.1 Å². The summed E-state index contributed by atoms with van der Waals surface area (Å²) in [5.41, 5.74) is -5.29. The molecule has 3 aromatic rings. The zero-order valence-electron chi connectivity index (χ0n) is 18.0. The third-order valence-corrected chi connectivity index (χ3v) is 5.63. The number of nitrogens with zero attached hydrogens (tertiary/aromatic N) is 4. The second kappa shape index (κ2) is 8.42. The molecule has 2 aromatic carbocycles. The van der Waals surface area contributed by atoms with Crippen LogP contribution in [0.25, 0.3) is 16.3 Å². The van der Waals surface area contributed by atoms with Gasteiger partial charge < -0.3 is 9.42 Å². The van der Waals surface area contributed by atoms with Gasteiger partial charge in [-0.25, -0.2) is 4.85 Å². The van der Waals surface area contributed by atoms with E-state index < -0.39 is 58.4 Å². The van der Waals surface area contributed by atoms with Gasteiger partial charge in [-0.3, -0.25) is 0 Å². The molecule has 4 rings (SSSR count). The zero-order valence-corrected chi connectivity index (χ0v) is 18.0. The number of halogens is 9. The van der Waals surface area contributed by atoms with E-state index in [2.05, 4.69) is 15.0 Å². The number of anilines is 1. The maximum Gasteiger partial charge on any atom is 0.416 e. The maximum absolute atomic E-state index is 13.6. The largest absolute Gasteiger partial charge is 0.416 e. The average Bonchev–Trinajstić information content (AvgIpc) is 3.35. The van der Waals surface area contributed by atoms with Crippen LogP contribution in [0.5, 0.6) is 0 Å². The Kier molecular flexibility index (Phi) is 5.93. The maximum atomic E-state index is 13.6. The van der Waals surface area contributed by atoms with Crippen LogP contribution in [0.2, 0.25) is 0 Å². The van der Waals surface area contributed by atoms with E-state index in [1.54, 1.807) is 6.92 Å². The molecular weight excluding hydrogens is 507 g/mol. The summed E-state index contributed by atoms with van der Waals surface area (Å²) in [4.78, 5) is 8.31. The Labute approximate surface area is 196 Å². The summed E-state index contributed by atoms with van der Waals surface area (Å²) in [6.07, 6.45) is -15.0. The molecule has 0 radical (unpaired) electrons. The highest BCUT2D eigenvalue weighted by molar-refractivity contribution is 5.71. The Morgan fingerprint density at radius 2 is 1.58 bits per heavy atom. The van der Waals surface area contributed by atoms with Crippen LogP contribution < -0.4 is 4.90 Å². The summed E-state index contributed by atoms with van der Waals surface area (Å²) in [5.74, 6) is -0.786. The zero-order chi connectivity index (χ0) is 26.6. The van der Waals surface area contributed by atoms with Crippen molar-refractivity contribution in [3.8, 4) is 11.5 Å². The fraction of sp³-hybridized carbons (Fsp3) is 0.318. The topological polar surface area (TPSA) is 46.5 Å². The molecule has 1 aliphatic heterocycles. The standard InChI is InChI=1S/C22H13F9N4O/c1-10-5-14-16(4-3-15(32-2)18(14)22(29,30)31)35(10)9-17-33-19(36-34-17)11-6-12(20(23,24)25)8-13(7-11)21(26,27)28/h3-4,6-8,10H,5,9H2,1H3. The predicted octanol–water partition coefficient (Wildman–Crippen LogP) is 7.29. The van der Waals surface area contributed by atoms with Crippen LogP contribution >= 0.6 is 0 Å². The lowest BCUT2D eigenvalue weighted by molar-refractivity contribution is -0.143. The lowest BCUT2D eigenvalue weighted by atomic mass is 10.0. The van der Waals surface area contributed by atoms with Gasteiger partial charge in [0.05, 0.1) is 29.8 Å². The van der Waals surface area contributed by atoms with Crippen LogP contribution in [0.4, 0.5) is 50.9 Å². The van der Waals surface area contributed by atoms with Gasteiger partial charge in [-0.05, 0) is 43.2 Å². The van der Waals surface area contributed by atoms with Gasteiger partial charge in [-0.2, -0.15) is 44.5 Å². The quantitative estimate of drug-likeness (QED) is 0.269. The Morgan fingerprint density at radius 3 is 2.11 bits per heavy atom. The Balaban J connectivity index is 1.69. The van der Waals surface area contributed by atoms with Crippen LogP contribution in [0, 0.1) is 6.57 Å². The van der Waals surface area contributed by atoms with E-state index in [9.17, 15) is 39.5 Å². The van der Waals surface area contributed by atoms with Gasteiger partial charge in [0, 0.05) is 17.3 Å². The summed E-state index contributed by atoms with van der Waals surface area (Å²) >= 11 is 0. The molecule has 0 saturated heterocycles. The molecule has 0 amide bonds. The van der Waals surface area contributed by atoms with Gasteiger partial charge in [0.25, 0.3) is 5.89 Å². The van der Waals surface area contributed by atoms with Crippen molar-refractivity contribution in [3.63, 3.8) is 0 Å². The van der Waals surface area contributed by atoms with E-state index in [0.717, 1.165) is 6.07 Å². The second-order valence-electron chi connectivity index (χ2n) is 8.06. The molecule has 5 nitrogen and oxygen atoms in total. The molecule has 0 saturated carbocycles. The first-order valence-corrected chi connectivity index (χ1v) is 10.1. The molecule has 190 valence electrons. The molecule has 1 aromatic heterocycles. The number of hydrogen-bond donors (Lipinski definition) is 0. The molecule has 1 atom stereocenters. The predicted molar refractivity (Wildman–Crippen MR) is 107 cm³/mol. The first-order valence-electron chi connectivity index (χ1n) is 10.1. The van der Waals surface area contributed by atoms with Gasteiger partial charge in [-0.15, -0.1) is 0 Å². The summed E-state index contributed by atoms with van der Waals surface area (Å²) in [6, 6.07) is 2.69. The minimum atomic E-state index is -5.08. The number of hydrogen-bond acceptors (Lipinski definition) is 4. The summed E-state index contributed by atoms with van der Waals surface area (Å²) < 4.78 is 125. The fourth-order valence-corrected chi connectivity index (χ4v) is 4.06. The fourth-order valence-electron chi connectivity index (χ4n) is 4.06. The number of rotatable bonds is 3. The molecule has 14 heteroatoms. The smallest absolute Gasteiger partial charge is 0.361 e. The van der Waals surface area contributed by atoms with Crippen molar-refractivity contribution in [1.82, 2.24) is 10.1 Å². The number of benzene rings is 2. The summed E-state index contributed by atoms with van der Waals surface area (Å²) in [5, 5.41) is 3.59. The van der Waals surface area contributed by atoms with E-state index in [0.29, 0.717) is 12.1 Å². The summed E-state index contributed by atoms with van der Waals surface area (Å²) in [7, 11) is 0. The highest BCUT2D eigenvalue weighted by Crippen LogP contribution is 2.46.